The minimum Gasteiger partial charge on any atom is -0.444 e. The average Bonchev–Trinajstić information content (AvgIpc) is 2.44. The summed E-state index contributed by atoms with van der Waals surface area (Å²) in [5, 5.41) is 5.86. The summed E-state index contributed by atoms with van der Waals surface area (Å²) in [4.78, 5) is 16.2. The first-order valence-corrected chi connectivity index (χ1v) is 7.91. The number of hydrogen-bond acceptors (Lipinski definition) is 3. The number of carbonyl (C=O) groups is 1. The fourth-order valence-electron chi connectivity index (χ4n) is 1.95. The number of para-hydroxylation sites is 1. The van der Waals surface area contributed by atoms with Crippen LogP contribution in [-0.2, 0) is 4.74 Å². The molecule has 1 atom stereocenters. The van der Waals surface area contributed by atoms with E-state index in [1.807, 2.05) is 51.1 Å². The van der Waals surface area contributed by atoms with Crippen LogP contribution in [0.1, 0.15) is 40.5 Å². The molecule has 136 valence electrons. The molecule has 7 heteroatoms. The first kappa shape index (κ1) is 22.5. The summed E-state index contributed by atoms with van der Waals surface area (Å²) in [6, 6.07) is 9.47. The van der Waals surface area contributed by atoms with E-state index in [0.717, 1.165) is 18.5 Å². The van der Waals surface area contributed by atoms with Crippen molar-refractivity contribution in [1.29, 1.82) is 0 Å². The second-order valence-electron chi connectivity index (χ2n) is 6.35. The molecule has 1 amide bonds. The highest BCUT2D eigenvalue weighted by Gasteiger charge is 2.19. The molecule has 4 N–H and O–H groups in total. The summed E-state index contributed by atoms with van der Waals surface area (Å²) >= 11 is 0. The Hall–Kier alpha value is -1.51. The molecule has 0 spiro atoms. The fraction of sp³-hybridized carbons (Fsp3) is 0.529. The number of halogens is 1. The Bertz CT molecular complexity index is 515. The van der Waals surface area contributed by atoms with Crippen molar-refractivity contribution in [3.63, 3.8) is 0 Å². The maximum Gasteiger partial charge on any atom is 0.407 e. The molecule has 24 heavy (non-hydrogen) atoms. The van der Waals surface area contributed by atoms with Gasteiger partial charge in [0.05, 0.1) is 12.6 Å². The third-order valence-electron chi connectivity index (χ3n) is 2.89. The number of ether oxygens (including phenoxy) is 1. The molecule has 0 fully saturated rings. The number of amides is 1. The lowest BCUT2D eigenvalue weighted by Gasteiger charge is -2.22. The quantitative estimate of drug-likeness (QED) is 0.352. The average molecular weight is 448 g/mol. The number of nitrogens with two attached hydrogens (primary N) is 1. The van der Waals surface area contributed by atoms with E-state index in [1.165, 1.54) is 0 Å². The van der Waals surface area contributed by atoms with Crippen LogP contribution in [0.3, 0.4) is 0 Å². The molecule has 0 aliphatic rings. The number of aliphatic imine (C=N–C) groups is 1. The van der Waals surface area contributed by atoms with Gasteiger partial charge in [-0.3, -0.25) is 4.99 Å². The van der Waals surface area contributed by atoms with Gasteiger partial charge in [0.1, 0.15) is 5.60 Å². The van der Waals surface area contributed by atoms with Gasteiger partial charge in [-0.2, -0.15) is 0 Å². The lowest BCUT2D eigenvalue weighted by atomic mass is 10.1. The van der Waals surface area contributed by atoms with Crippen molar-refractivity contribution in [3.8, 4) is 0 Å². The van der Waals surface area contributed by atoms with Crippen molar-refractivity contribution in [2.24, 2.45) is 10.7 Å². The second kappa shape index (κ2) is 11.1. The van der Waals surface area contributed by atoms with Gasteiger partial charge < -0.3 is 21.1 Å². The van der Waals surface area contributed by atoms with Gasteiger partial charge in [0, 0.05) is 5.69 Å². The smallest absolute Gasteiger partial charge is 0.407 e. The van der Waals surface area contributed by atoms with Crippen molar-refractivity contribution >= 4 is 41.7 Å². The molecule has 0 aromatic heterocycles. The number of nitrogens with zero attached hydrogens (tertiary/aromatic N) is 1. The Morgan fingerprint density at radius 2 is 1.92 bits per heavy atom. The molecule has 0 bridgehead atoms. The van der Waals surface area contributed by atoms with Gasteiger partial charge in [0.25, 0.3) is 0 Å². The van der Waals surface area contributed by atoms with Crippen LogP contribution >= 0.6 is 24.0 Å². The summed E-state index contributed by atoms with van der Waals surface area (Å²) < 4.78 is 5.27. The molecule has 0 saturated carbocycles. The summed E-state index contributed by atoms with van der Waals surface area (Å²) in [7, 11) is 0. The number of alkyl carbamates (subject to hydrolysis) is 1. The third kappa shape index (κ3) is 10.3. The molecule has 1 rings (SSSR count). The lowest BCUT2D eigenvalue weighted by molar-refractivity contribution is 0.0503. The Morgan fingerprint density at radius 3 is 2.46 bits per heavy atom. The van der Waals surface area contributed by atoms with Gasteiger partial charge in [-0.1, -0.05) is 31.5 Å². The first-order chi connectivity index (χ1) is 10.8. The van der Waals surface area contributed by atoms with E-state index < -0.39 is 11.7 Å². The standard InChI is InChI=1S/C17H28N4O2.HI/c1-5-9-14(21-16(22)23-17(2,3)4)12-19-15(18)20-13-10-7-6-8-11-13;/h6-8,10-11,14H,5,9,12H2,1-4H3,(H,21,22)(H3,18,19,20);1H. The van der Waals surface area contributed by atoms with Crippen molar-refractivity contribution in [2.45, 2.75) is 52.2 Å². The van der Waals surface area contributed by atoms with Crippen LogP contribution in [0.4, 0.5) is 10.5 Å². The van der Waals surface area contributed by atoms with E-state index >= 15 is 0 Å². The van der Waals surface area contributed by atoms with Gasteiger partial charge in [-0.05, 0) is 39.3 Å². The maximum atomic E-state index is 11.9. The van der Waals surface area contributed by atoms with E-state index in [0.29, 0.717) is 12.5 Å². The summed E-state index contributed by atoms with van der Waals surface area (Å²) in [5.41, 5.74) is 6.24. The summed E-state index contributed by atoms with van der Waals surface area (Å²) in [6.45, 7) is 7.96. The van der Waals surface area contributed by atoms with Gasteiger partial charge >= 0.3 is 6.09 Å². The SMILES string of the molecule is CCCC(CN=C(N)Nc1ccccc1)NC(=O)OC(C)(C)C.I. The lowest BCUT2D eigenvalue weighted by Crippen LogP contribution is -2.41. The minimum atomic E-state index is -0.516. The van der Waals surface area contributed by atoms with E-state index in [9.17, 15) is 4.79 Å². The third-order valence-corrected chi connectivity index (χ3v) is 2.89. The zero-order chi connectivity index (χ0) is 17.3. The van der Waals surface area contributed by atoms with E-state index in [2.05, 4.69) is 22.5 Å². The van der Waals surface area contributed by atoms with Crippen molar-refractivity contribution < 1.29 is 9.53 Å². The summed E-state index contributed by atoms with van der Waals surface area (Å²) in [5.74, 6) is 0.322. The largest absolute Gasteiger partial charge is 0.444 e. The molecule has 1 aromatic rings. The number of hydrogen-bond donors (Lipinski definition) is 3. The Labute approximate surface area is 161 Å². The fourth-order valence-corrected chi connectivity index (χ4v) is 1.95. The highest BCUT2D eigenvalue weighted by atomic mass is 127. The van der Waals surface area contributed by atoms with Crippen molar-refractivity contribution in [1.82, 2.24) is 5.32 Å². The number of carbonyl (C=O) groups excluding carboxylic acids is 1. The van der Waals surface area contributed by atoms with Gasteiger partial charge in [-0.25, -0.2) is 4.79 Å². The predicted molar refractivity (Wildman–Crippen MR) is 110 cm³/mol. The van der Waals surface area contributed by atoms with Crippen LogP contribution in [0.5, 0.6) is 0 Å². The molecular weight excluding hydrogens is 419 g/mol. The minimum absolute atomic E-state index is 0. The van der Waals surface area contributed by atoms with Gasteiger partial charge in [-0.15, -0.1) is 24.0 Å². The van der Waals surface area contributed by atoms with E-state index in [-0.39, 0.29) is 30.0 Å². The molecule has 1 aromatic carbocycles. The second-order valence-corrected chi connectivity index (χ2v) is 6.35. The van der Waals surface area contributed by atoms with Crippen LogP contribution in [0.25, 0.3) is 0 Å². The Balaban J connectivity index is 0.00000529. The number of guanidine groups is 1. The molecular formula is C17H29IN4O2. The maximum absolute atomic E-state index is 11.9. The molecule has 1 unspecified atom stereocenters. The molecule has 0 aliphatic carbocycles. The highest BCUT2D eigenvalue weighted by molar-refractivity contribution is 14.0. The Morgan fingerprint density at radius 1 is 1.29 bits per heavy atom. The molecule has 0 heterocycles. The molecule has 6 nitrogen and oxygen atoms in total. The van der Waals surface area contributed by atoms with Crippen molar-refractivity contribution in [2.75, 3.05) is 11.9 Å². The van der Waals surface area contributed by atoms with Crippen molar-refractivity contribution in [3.05, 3.63) is 30.3 Å². The van der Waals surface area contributed by atoms with E-state index in [4.69, 9.17) is 10.5 Å². The number of nitrogens with one attached hydrogen (secondary N) is 2. The number of anilines is 1. The number of benzene rings is 1. The van der Waals surface area contributed by atoms with Gasteiger partial charge in [0.2, 0.25) is 0 Å². The monoisotopic (exact) mass is 448 g/mol. The molecule has 0 saturated heterocycles. The predicted octanol–water partition coefficient (Wildman–Crippen LogP) is 3.72. The van der Waals surface area contributed by atoms with E-state index in [1.54, 1.807) is 0 Å². The first-order valence-electron chi connectivity index (χ1n) is 7.91. The van der Waals surface area contributed by atoms with Crippen LogP contribution in [0.15, 0.2) is 35.3 Å². The van der Waals surface area contributed by atoms with Crippen LogP contribution < -0.4 is 16.4 Å². The number of rotatable bonds is 6. The van der Waals surface area contributed by atoms with Crippen LogP contribution in [0, 0.1) is 0 Å². The van der Waals surface area contributed by atoms with Crippen LogP contribution in [0.2, 0.25) is 0 Å². The molecule has 0 radical (unpaired) electrons. The highest BCUT2D eigenvalue weighted by Crippen LogP contribution is 2.08. The Kier molecular flexibility index (Phi) is 10.4. The topological polar surface area (TPSA) is 88.7 Å². The van der Waals surface area contributed by atoms with Gasteiger partial charge in [0.15, 0.2) is 5.96 Å². The summed E-state index contributed by atoms with van der Waals surface area (Å²) in [6.07, 6.45) is 1.31. The zero-order valence-corrected chi connectivity index (χ0v) is 17.2. The van der Waals surface area contributed by atoms with Crippen LogP contribution in [-0.4, -0.2) is 30.2 Å². The zero-order valence-electron chi connectivity index (χ0n) is 14.8. The molecule has 0 aliphatic heterocycles. The normalized spacial score (nSPS) is 12.8.